The number of anilines is 1. The van der Waals surface area contributed by atoms with Crippen molar-refractivity contribution in [1.29, 1.82) is 5.26 Å². The molecule has 20 heavy (non-hydrogen) atoms. The van der Waals surface area contributed by atoms with Gasteiger partial charge in [0.1, 0.15) is 6.04 Å². The Bertz CT molecular complexity index is 528. The van der Waals surface area contributed by atoms with Crippen molar-refractivity contribution in [3.63, 3.8) is 0 Å². The number of aliphatic carboxylic acids is 1. The van der Waals surface area contributed by atoms with Gasteiger partial charge in [0.15, 0.2) is 0 Å². The van der Waals surface area contributed by atoms with Crippen LogP contribution in [0.5, 0.6) is 0 Å². The Morgan fingerprint density at radius 2 is 2.25 bits per heavy atom. The minimum atomic E-state index is -1.07. The number of carboxylic acid groups (broad SMARTS) is 1. The van der Waals surface area contributed by atoms with Crippen LogP contribution in [0, 0.1) is 11.3 Å². The normalized spacial score (nSPS) is 11.2. The Morgan fingerprint density at radius 1 is 1.50 bits per heavy atom. The molecule has 106 valence electrons. The van der Waals surface area contributed by atoms with E-state index in [1.54, 1.807) is 18.2 Å². The molecule has 0 unspecified atom stereocenters. The molecule has 6 nitrogen and oxygen atoms in total. The van der Waals surface area contributed by atoms with Gasteiger partial charge in [0.2, 0.25) is 0 Å². The number of carbonyl (C=O) groups excluding carboxylic acids is 1. The minimum Gasteiger partial charge on any atom is -0.480 e. The SMILES string of the molecule is CSCC[C@H](NC(=O)Nc1cccc(C#N)c1)C(=O)O. The molecule has 0 saturated carbocycles. The van der Waals surface area contributed by atoms with Crippen LogP contribution < -0.4 is 10.6 Å². The van der Waals surface area contributed by atoms with Crippen LogP contribution in [0.15, 0.2) is 24.3 Å². The van der Waals surface area contributed by atoms with E-state index in [0.717, 1.165) is 0 Å². The van der Waals surface area contributed by atoms with E-state index < -0.39 is 18.0 Å². The summed E-state index contributed by atoms with van der Waals surface area (Å²) in [4.78, 5) is 22.7. The zero-order valence-electron chi connectivity index (χ0n) is 10.9. The predicted molar refractivity (Wildman–Crippen MR) is 77.7 cm³/mol. The summed E-state index contributed by atoms with van der Waals surface area (Å²) in [7, 11) is 0. The number of nitrogens with one attached hydrogen (secondary N) is 2. The van der Waals surface area contributed by atoms with Crippen LogP contribution in [0.1, 0.15) is 12.0 Å². The number of carbonyl (C=O) groups is 2. The molecule has 0 aliphatic carbocycles. The first kappa shape index (κ1) is 15.9. The average Bonchev–Trinajstić information content (AvgIpc) is 2.43. The third kappa shape index (κ3) is 5.20. The van der Waals surface area contributed by atoms with Crippen LogP contribution >= 0.6 is 11.8 Å². The fourth-order valence-corrected chi connectivity index (χ4v) is 1.96. The van der Waals surface area contributed by atoms with E-state index in [4.69, 9.17) is 10.4 Å². The van der Waals surface area contributed by atoms with Gasteiger partial charge in [0.25, 0.3) is 0 Å². The van der Waals surface area contributed by atoms with Gasteiger partial charge >= 0.3 is 12.0 Å². The number of nitrogens with zero attached hydrogens (tertiary/aromatic N) is 1. The first-order valence-electron chi connectivity index (χ1n) is 5.86. The molecule has 3 N–H and O–H groups in total. The summed E-state index contributed by atoms with van der Waals surface area (Å²) < 4.78 is 0. The van der Waals surface area contributed by atoms with Crippen molar-refractivity contribution in [2.24, 2.45) is 0 Å². The van der Waals surface area contributed by atoms with Crippen molar-refractivity contribution in [2.45, 2.75) is 12.5 Å². The van der Waals surface area contributed by atoms with E-state index in [2.05, 4.69) is 10.6 Å². The second-order valence-electron chi connectivity index (χ2n) is 3.96. The summed E-state index contributed by atoms with van der Waals surface area (Å²) in [5.41, 5.74) is 0.857. The first-order chi connectivity index (χ1) is 9.56. The van der Waals surface area contributed by atoms with E-state index in [1.807, 2.05) is 12.3 Å². The standard InChI is InChI=1S/C13H15N3O3S/c1-20-6-5-11(12(17)18)16-13(19)15-10-4-2-3-9(7-10)8-14/h2-4,7,11H,5-6H2,1H3,(H,17,18)(H2,15,16,19)/t11-/m0/s1. The molecule has 1 aromatic carbocycles. The molecule has 1 aromatic rings. The molecule has 0 fully saturated rings. The van der Waals surface area contributed by atoms with Crippen LogP contribution in [-0.2, 0) is 4.79 Å². The zero-order valence-corrected chi connectivity index (χ0v) is 11.7. The molecule has 0 aliphatic heterocycles. The summed E-state index contributed by atoms with van der Waals surface area (Å²) in [5, 5.41) is 22.7. The van der Waals surface area contributed by atoms with Crippen molar-refractivity contribution in [3.05, 3.63) is 29.8 Å². The highest BCUT2D eigenvalue weighted by molar-refractivity contribution is 7.98. The molecule has 0 spiro atoms. The van der Waals surface area contributed by atoms with Gasteiger partial charge in [-0.2, -0.15) is 17.0 Å². The lowest BCUT2D eigenvalue weighted by molar-refractivity contribution is -0.139. The zero-order chi connectivity index (χ0) is 15.0. The van der Waals surface area contributed by atoms with Gasteiger partial charge in [-0.15, -0.1) is 0 Å². The number of benzene rings is 1. The molecule has 1 atom stereocenters. The highest BCUT2D eigenvalue weighted by Gasteiger charge is 2.19. The summed E-state index contributed by atoms with van der Waals surface area (Å²) in [6.45, 7) is 0. The Kier molecular flexibility index (Phi) is 6.40. The smallest absolute Gasteiger partial charge is 0.326 e. The maximum absolute atomic E-state index is 11.7. The van der Waals surface area contributed by atoms with Crippen LogP contribution in [0.3, 0.4) is 0 Å². The van der Waals surface area contributed by atoms with Gasteiger partial charge in [0, 0.05) is 5.69 Å². The van der Waals surface area contributed by atoms with Crippen molar-refractivity contribution in [1.82, 2.24) is 5.32 Å². The molecule has 2 amide bonds. The van der Waals surface area contributed by atoms with Gasteiger partial charge in [-0.3, -0.25) is 0 Å². The minimum absolute atomic E-state index is 0.349. The number of hydrogen-bond donors (Lipinski definition) is 3. The number of amides is 2. The van der Waals surface area contributed by atoms with Crippen LogP contribution in [0.25, 0.3) is 0 Å². The lowest BCUT2D eigenvalue weighted by Gasteiger charge is -2.14. The van der Waals surface area contributed by atoms with E-state index in [0.29, 0.717) is 23.4 Å². The topological polar surface area (TPSA) is 102 Å². The van der Waals surface area contributed by atoms with Crippen molar-refractivity contribution in [3.8, 4) is 6.07 Å². The summed E-state index contributed by atoms with van der Waals surface area (Å²) >= 11 is 1.51. The van der Waals surface area contributed by atoms with E-state index in [-0.39, 0.29) is 0 Å². The van der Waals surface area contributed by atoms with E-state index in [1.165, 1.54) is 17.8 Å². The lowest BCUT2D eigenvalue weighted by Crippen LogP contribution is -2.43. The Labute approximate surface area is 121 Å². The Morgan fingerprint density at radius 3 is 2.85 bits per heavy atom. The Hall–Kier alpha value is -2.20. The highest BCUT2D eigenvalue weighted by atomic mass is 32.2. The molecular weight excluding hydrogens is 278 g/mol. The van der Waals surface area contributed by atoms with Gasteiger partial charge in [0.05, 0.1) is 11.6 Å². The summed E-state index contributed by atoms with van der Waals surface area (Å²) in [6, 6.07) is 6.81. The second kappa shape index (κ2) is 8.07. The molecular formula is C13H15N3O3S. The summed E-state index contributed by atoms with van der Waals surface area (Å²) in [6.07, 6.45) is 2.22. The molecule has 1 rings (SSSR count). The maximum Gasteiger partial charge on any atom is 0.326 e. The third-order valence-electron chi connectivity index (χ3n) is 2.46. The quantitative estimate of drug-likeness (QED) is 0.743. The van der Waals surface area contributed by atoms with Gasteiger partial charge in [-0.05, 0) is 36.6 Å². The third-order valence-corrected chi connectivity index (χ3v) is 3.11. The largest absolute Gasteiger partial charge is 0.480 e. The fraction of sp³-hybridized carbons (Fsp3) is 0.308. The van der Waals surface area contributed by atoms with E-state index in [9.17, 15) is 9.59 Å². The maximum atomic E-state index is 11.7. The molecule has 0 saturated heterocycles. The first-order valence-corrected chi connectivity index (χ1v) is 7.25. The monoisotopic (exact) mass is 293 g/mol. The van der Waals surface area contributed by atoms with Crippen molar-refractivity contribution < 1.29 is 14.7 Å². The number of thioether (sulfide) groups is 1. The molecule has 0 radical (unpaired) electrons. The predicted octanol–water partition coefficient (Wildman–Crippen LogP) is 1.89. The van der Waals surface area contributed by atoms with Crippen LogP contribution in [0.2, 0.25) is 0 Å². The average molecular weight is 293 g/mol. The molecule has 0 heterocycles. The van der Waals surface area contributed by atoms with Gasteiger partial charge in [-0.1, -0.05) is 6.07 Å². The summed E-state index contributed by atoms with van der Waals surface area (Å²) in [5.74, 6) is -0.429. The second-order valence-corrected chi connectivity index (χ2v) is 4.95. The molecule has 0 aliphatic rings. The van der Waals surface area contributed by atoms with Crippen LogP contribution in [-0.4, -0.2) is 35.2 Å². The van der Waals surface area contributed by atoms with Crippen molar-refractivity contribution in [2.75, 3.05) is 17.3 Å². The number of carboxylic acids is 1. The molecule has 7 heteroatoms. The number of nitriles is 1. The van der Waals surface area contributed by atoms with Gasteiger partial charge < -0.3 is 15.7 Å². The molecule has 0 aromatic heterocycles. The fourth-order valence-electron chi connectivity index (χ4n) is 1.49. The number of hydrogen-bond acceptors (Lipinski definition) is 4. The lowest BCUT2D eigenvalue weighted by atomic mass is 10.2. The number of rotatable bonds is 6. The van der Waals surface area contributed by atoms with Crippen LogP contribution in [0.4, 0.5) is 10.5 Å². The number of urea groups is 1. The Balaban J connectivity index is 2.61. The van der Waals surface area contributed by atoms with E-state index >= 15 is 0 Å². The van der Waals surface area contributed by atoms with Gasteiger partial charge in [-0.25, -0.2) is 9.59 Å². The molecule has 0 bridgehead atoms. The highest BCUT2D eigenvalue weighted by Crippen LogP contribution is 2.09. The van der Waals surface area contributed by atoms with Crippen molar-refractivity contribution >= 4 is 29.4 Å².